The Hall–Kier alpha value is -3.29. The topological polar surface area (TPSA) is 90.0 Å². The van der Waals surface area contributed by atoms with Crippen LogP contribution < -0.4 is 19.5 Å². The largest absolute Gasteiger partial charge is 0.493 e. The maximum Gasteiger partial charge on any atom is 0.226 e. The van der Waals surface area contributed by atoms with Gasteiger partial charge in [-0.2, -0.15) is 0 Å². The third-order valence-electron chi connectivity index (χ3n) is 4.13. The lowest BCUT2D eigenvalue weighted by molar-refractivity contribution is -0.129. The van der Waals surface area contributed by atoms with Gasteiger partial charge in [0, 0.05) is 56.6 Å². The van der Waals surface area contributed by atoms with Crippen molar-refractivity contribution in [2.75, 3.05) is 33.2 Å². The molecule has 0 aliphatic rings. The molecule has 1 heterocycles. The quantitative estimate of drug-likeness (QED) is 0.711. The van der Waals surface area contributed by atoms with Crippen LogP contribution in [0.3, 0.4) is 0 Å². The highest BCUT2D eigenvalue weighted by molar-refractivity contribution is 5.92. The molecular weight excluding hydrogens is 362 g/mol. The summed E-state index contributed by atoms with van der Waals surface area (Å²) in [7, 11) is 4.53. The Labute approximate surface area is 164 Å². The summed E-state index contributed by atoms with van der Waals surface area (Å²) in [6, 6.07) is 6.98. The summed E-state index contributed by atoms with van der Waals surface area (Å²) in [5.74, 6) is 1.01. The van der Waals surface area contributed by atoms with Gasteiger partial charge in [-0.05, 0) is 17.7 Å². The molecule has 0 unspecified atom stereocenters. The zero-order valence-corrected chi connectivity index (χ0v) is 16.5. The minimum Gasteiger partial charge on any atom is -0.493 e. The van der Waals surface area contributed by atoms with E-state index in [0.29, 0.717) is 36.0 Å². The predicted molar refractivity (Wildman–Crippen MR) is 105 cm³/mol. The van der Waals surface area contributed by atoms with Crippen molar-refractivity contribution >= 4 is 17.5 Å². The summed E-state index contributed by atoms with van der Waals surface area (Å²) in [5.41, 5.74) is 1.47. The normalized spacial score (nSPS) is 10.1. The number of amides is 2. The van der Waals surface area contributed by atoms with Gasteiger partial charge in [0.15, 0.2) is 11.5 Å². The molecule has 150 valence electrons. The SMILES string of the molecule is COc1cc(NC(=O)CCN(Cc2ccncc2)C(C)=O)cc(OC)c1OC. The number of anilines is 1. The summed E-state index contributed by atoms with van der Waals surface area (Å²) >= 11 is 0. The zero-order chi connectivity index (χ0) is 20.5. The molecule has 2 aromatic rings. The van der Waals surface area contributed by atoms with E-state index in [2.05, 4.69) is 10.3 Å². The second kappa shape index (κ2) is 10.1. The van der Waals surface area contributed by atoms with Crippen molar-refractivity contribution in [3.63, 3.8) is 0 Å². The van der Waals surface area contributed by atoms with Crippen molar-refractivity contribution in [2.45, 2.75) is 19.9 Å². The van der Waals surface area contributed by atoms with Crippen LogP contribution in [0.2, 0.25) is 0 Å². The molecule has 2 rings (SSSR count). The fourth-order valence-corrected chi connectivity index (χ4v) is 2.67. The Bertz CT molecular complexity index is 786. The summed E-state index contributed by atoms with van der Waals surface area (Å²) < 4.78 is 15.8. The van der Waals surface area contributed by atoms with E-state index < -0.39 is 0 Å². The number of methoxy groups -OCH3 is 3. The number of pyridine rings is 1. The molecule has 1 N–H and O–H groups in total. The van der Waals surface area contributed by atoms with Crippen LogP contribution in [0.15, 0.2) is 36.7 Å². The molecule has 0 bridgehead atoms. The van der Waals surface area contributed by atoms with Gasteiger partial charge in [0.05, 0.1) is 21.3 Å². The number of carbonyl (C=O) groups is 2. The van der Waals surface area contributed by atoms with Gasteiger partial charge in [0.1, 0.15) is 0 Å². The molecule has 0 aliphatic heterocycles. The number of nitrogens with one attached hydrogen (secondary N) is 1. The first-order chi connectivity index (χ1) is 13.5. The molecule has 0 radical (unpaired) electrons. The summed E-state index contributed by atoms with van der Waals surface area (Å²) in [4.78, 5) is 29.8. The van der Waals surface area contributed by atoms with E-state index in [1.807, 2.05) is 12.1 Å². The number of carbonyl (C=O) groups excluding carboxylic acids is 2. The molecule has 0 atom stereocenters. The van der Waals surface area contributed by atoms with E-state index in [9.17, 15) is 9.59 Å². The van der Waals surface area contributed by atoms with E-state index in [1.165, 1.54) is 28.3 Å². The second-order valence-electron chi connectivity index (χ2n) is 6.01. The Morgan fingerprint density at radius 2 is 1.64 bits per heavy atom. The Kier molecular flexibility index (Phi) is 7.62. The van der Waals surface area contributed by atoms with Crippen LogP contribution in [0, 0.1) is 0 Å². The Morgan fingerprint density at radius 3 is 2.14 bits per heavy atom. The third kappa shape index (κ3) is 5.60. The lowest BCUT2D eigenvalue weighted by Gasteiger charge is -2.21. The molecule has 0 aliphatic carbocycles. The van der Waals surface area contributed by atoms with Crippen molar-refractivity contribution in [1.82, 2.24) is 9.88 Å². The van der Waals surface area contributed by atoms with Gasteiger partial charge in [-0.15, -0.1) is 0 Å². The number of rotatable bonds is 9. The molecule has 0 saturated heterocycles. The summed E-state index contributed by atoms with van der Waals surface area (Å²) in [6.07, 6.45) is 3.50. The van der Waals surface area contributed by atoms with E-state index in [4.69, 9.17) is 14.2 Å². The van der Waals surface area contributed by atoms with Gasteiger partial charge >= 0.3 is 0 Å². The lowest BCUT2D eigenvalue weighted by Crippen LogP contribution is -2.31. The van der Waals surface area contributed by atoms with Crippen molar-refractivity contribution in [3.8, 4) is 17.2 Å². The minimum atomic E-state index is -0.227. The average molecular weight is 387 g/mol. The highest BCUT2D eigenvalue weighted by Gasteiger charge is 2.16. The van der Waals surface area contributed by atoms with Crippen LogP contribution in [-0.2, 0) is 16.1 Å². The zero-order valence-electron chi connectivity index (χ0n) is 16.5. The van der Waals surface area contributed by atoms with Gasteiger partial charge in [-0.25, -0.2) is 0 Å². The van der Waals surface area contributed by atoms with E-state index >= 15 is 0 Å². The number of benzene rings is 1. The number of aromatic nitrogens is 1. The number of hydrogen-bond acceptors (Lipinski definition) is 6. The molecule has 28 heavy (non-hydrogen) atoms. The summed E-state index contributed by atoms with van der Waals surface area (Å²) in [5, 5.41) is 2.80. The van der Waals surface area contributed by atoms with Gasteiger partial charge in [-0.1, -0.05) is 0 Å². The molecule has 0 fully saturated rings. The Morgan fingerprint density at radius 1 is 1.04 bits per heavy atom. The maximum atomic E-state index is 12.4. The first kappa shape index (κ1) is 21.0. The van der Waals surface area contributed by atoms with Crippen LogP contribution >= 0.6 is 0 Å². The van der Waals surface area contributed by atoms with E-state index in [1.54, 1.807) is 29.4 Å². The molecule has 2 amide bonds. The van der Waals surface area contributed by atoms with Crippen molar-refractivity contribution in [1.29, 1.82) is 0 Å². The lowest BCUT2D eigenvalue weighted by atomic mass is 10.2. The second-order valence-corrected chi connectivity index (χ2v) is 6.01. The number of hydrogen-bond donors (Lipinski definition) is 1. The van der Waals surface area contributed by atoms with Crippen molar-refractivity contribution in [3.05, 3.63) is 42.2 Å². The molecular formula is C20H25N3O5. The van der Waals surface area contributed by atoms with Gasteiger partial charge in [0.25, 0.3) is 0 Å². The fraction of sp³-hybridized carbons (Fsp3) is 0.350. The monoisotopic (exact) mass is 387 g/mol. The van der Waals surface area contributed by atoms with Crippen LogP contribution in [0.4, 0.5) is 5.69 Å². The number of ether oxygens (including phenoxy) is 3. The van der Waals surface area contributed by atoms with Crippen LogP contribution in [0.1, 0.15) is 18.9 Å². The number of nitrogens with zero attached hydrogens (tertiary/aromatic N) is 2. The van der Waals surface area contributed by atoms with E-state index in [0.717, 1.165) is 5.56 Å². The molecule has 0 saturated carbocycles. The molecule has 0 spiro atoms. The summed E-state index contributed by atoms with van der Waals surface area (Å²) in [6.45, 7) is 2.21. The minimum absolute atomic E-state index is 0.0996. The molecule has 8 nitrogen and oxygen atoms in total. The smallest absolute Gasteiger partial charge is 0.226 e. The molecule has 1 aromatic carbocycles. The highest BCUT2D eigenvalue weighted by Crippen LogP contribution is 2.39. The molecule has 1 aromatic heterocycles. The predicted octanol–water partition coefficient (Wildman–Crippen LogP) is 2.48. The van der Waals surface area contributed by atoms with Crippen LogP contribution in [-0.4, -0.2) is 49.6 Å². The Balaban J connectivity index is 2.01. The van der Waals surface area contributed by atoms with Crippen LogP contribution in [0.25, 0.3) is 0 Å². The highest BCUT2D eigenvalue weighted by atomic mass is 16.5. The van der Waals surface area contributed by atoms with E-state index in [-0.39, 0.29) is 18.2 Å². The van der Waals surface area contributed by atoms with Gasteiger partial charge < -0.3 is 24.4 Å². The van der Waals surface area contributed by atoms with Crippen molar-refractivity contribution in [2.24, 2.45) is 0 Å². The maximum absolute atomic E-state index is 12.4. The standard InChI is InChI=1S/C20H25N3O5/c1-14(24)23(13-15-5-8-21-9-6-15)10-7-19(25)22-16-11-17(26-2)20(28-4)18(12-16)27-3/h5-6,8-9,11-12H,7,10,13H2,1-4H3,(H,22,25). The first-order valence-electron chi connectivity index (χ1n) is 8.72. The molecule has 8 heteroatoms. The fourth-order valence-electron chi connectivity index (χ4n) is 2.67. The van der Waals surface area contributed by atoms with Crippen LogP contribution in [0.5, 0.6) is 17.2 Å². The third-order valence-corrected chi connectivity index (χ3v) is 4.13. The van der Waals surface area contributed by atoms with Gasteiger partial charge in [0.2, 0.25) is 17.6 Å². The average Bonchev–Trinajstić information content (AvgIpc) is 2.70. The van der Waals surface area contributed by atoms with Crippen molar-refractivity contribution < 1.29 is 23.8 Å². The first-order valence-corrected chi connectivity index (χ1v) is 8.72. The van der Waals surface area contributed by atoms with Gasteiger partial charge in [-0.3, -0.25) is 14.6 Å².